The molecule has 0 bridgehead atoms. The number of benzene rings is 2. The Kier molecular flexibility index (Phi) is 5.20. The van der Waals surface area contributed by atoms with E-state index in [1.165, 1.54) is 6.07 Å². The molecule has 0 unspecified atom stereocenters. The summed E-state index contributed by atoms with van der Waals surface area (Å²) in [5.41, 5.74) is 3.28. The monoisotopic (exact) mass is 398 g/mol. The van der Waals surface area contributed by atoms with Crippen LogP contribution in [-0.4, -0.2) is 41.7 Å². The van der Waals surface area contributed by atoms with Crippen molar-refractivity contribution in [2.75, 3.05) is 26.3 Å². The number of amides is 1. The van der Waals surface area contributed by atoms with Crippen LogP contribution in [-0.2, 0) is 4.74 Å². The molecule has 1 aliphatic heterocycles. The molecule has 6 heteroatoms. The molecule has 0 radical (unpaired) electrons. The molecule has 4 rings (SSSR count). The molecule has 2 aromatic carbocycles. The third-order valence-corrected chi connectivity index (χ3v) is 5.26. The van der Waals surface area contributed by atoms with Crippen LogP contribution in [0.15, 0.2) is 54.6 Å². The zero-order valence-electron chi connectivity index (χ0n) is 15.5. The van der Waals surface area contributed by atoms with Crippen LogP contribution in [0.25, 0.3) is 16.9 Å². The third kappa shape index (κ3) is 3.43. The second kappa shape index (κ2) is 7.78. The number of hydrogen-bond donors (Lipinski definition) is 0. The van der Waals surface area contributed by atoms with Gasteiger partial charge in [0.2, 0.25) is 0 Å². The van der Waals surface area contributed by atoms with Crippen LogP contribution in [0, 0.1) is 12.7 Å². The van der Waals surface area contributed by atoms with E-state index in [2.05, 4.69) is 0 Å². The Morgan fingerprint density at radius 3 is 2.43 bits per heavy atom. The Bertz CT molecular complexity index is 1010. The van der Waals surface area contributed by atoms with Crippen molar-refractivity contribution in [3.05, 3.63) is 76.7 Å². The van der Waals surface area contributed by atoms with E-state index in [9.17, 15) is 9.18 Å². The van der Waals surface area contributed by atoms with Gasteiger partial charge in [0.05, 0.1) is 30.2 Å². The van der Waals surface area contributed by atoms with Gasteiger partial charge < -0.3 is 14.2 Å². The first-order chi connectivity index (χ1) is 13.6. The molecule has 1 aliphatic rings. The van der Waals surface area contributed by atoms with Gasteiger partial charge in [-0.3, -0.25) is 4.79 Å². The van der Waals surface area contributed by atoms with Crippen molar-refractivity contribution in [1.82, 2.24) is 9.47 Å². The minimum Gasteiger partial charge on any atom is -0.378 e. The maximum Gasteiger partial charge on any atom is 0.255 e. The van der Waals surface area contributed by atoms with Gasteiger partial charge in [-0.05, 0) is 42.8 Å². The van der Waals surface area contributed by atoms with Gasteiger partial charge in [0, 0.05) is 23.8 Å². The smallest absolute Gasteiger partial charge is 0.255 e. The number of aromatic nitrogens is 1. The van der Waals surface area contributed by atoms with Gasteiger partial charge in [0.15, 0.2) is 0 Å². The van der Waals surface area contributed by atoms with Crippen LogP contribution in [0.1, 0.15) is 16.1 Å². The lowest BCUT2D eigenvalue weighted by Gasteiger charge is -2.26. The summed E-state index contributed by atoms with van der Waals surface area (Å²) >= 11 is 6.03. The van der Waals surface area contributed by atoms with E-state index < -0.39 is 0 Å². The first kappa shape index (κ1) is 18.7. The summed E-state index contributed by atoms with van der Waals surface area (Å²) in [4.78, 5) is 14.9. The molecule has 1 amide bonds. The van der Waals surface area contributed by atoms with Gasteiger partial charge in [-0.15, -0.1) is 0 Å². The fraction of sp³-hybridized carbons (Fsp3) is 0.227. The third-order valence-electron chi connectivity index (χ3n) is 5.01. The van der Waals surface area contributed by atoms with Crippen LogP contribution in [0.3, 0.4) is 0 Å². The summed E-state index contributed by atoms with van der Waals surface area (Å²) in [5, 5.41) is 0.620. The van der Waals surface area contributed by atoms with E-state index in [0.717, 1.165) is 11.3 Å². The van der Waals surface area contributed by atoms with Gasteiger partial charge in [-0.1, -0.05) is 35.9 Å². The SMILES string of the molecule is Cc1c(C(=O)N2CCOCC2)cc(-c2ccc(Cl)cc2)n1-c1ccccc1F. The van der Waals surface area contributed by atoms with Gasteiger partial charge in [0.25, 0.3) is 5.91 Å². The molecule has 0 spiro atoms. The maximum atomic E-state index is 14.6. The molecular weight excluding hydrogens is 379 g/mol. The molecular formula is C22H20ClFN2O2. The van der Waals surface area contributed by atoms with Crippen molar-refractivity contribution in [2.45, 2.75) is 6.92 Å². The summed E-state index contributed by atoms with van der Waals surface area (Å²) in [6.07, 6.45) is 0. The summed E-state index contributed by atoms with van der Waals surface area (Å²) in [7, 11) is 0. The van der Waals surface area contributed by atoms with Crippen molar-refractivity contribution in [3.63, 3.8) is 0 Å². The first-order valence-electron chi connectivity index (χ1n) is 9.16. The number of hydrogen-bond acceptors (Lipinski definition) is 2. The highest BCUT2D eigenvalue weighted by atomic mass is 35.5. The lowest BCUT2D eigenvalue weighted by molar-refractivity contribution is 0.0302. The Morgan fingerprint density at radius 2 is 1.75 bits per heavy atom. The number of ether oxygens (including phenoxy) is 1. The highest BCUT2D eigenvalue weighted by molar-refractivity contribution is 6.30. The topological polar surface area (TPSA) is 34.5 Å². The van der Waals surface area contributed by atoms with Crippen LogP contribution < -0.4 is 0 Å². The fourth-order valence-electron chi connectivity index (χ4n) is 3.54. The molecule has 0 aliphatic carbocycles. The molecule has 1 fully saturated rings. The molecule has 0 atom stereocenters. The van der Waals surface area contributed by atoms with E-state index in [4.69, 9.17) is 16.3 Å². The zero-order chi connectivity index (χ0) is 19.7. The van der Waals surface area contributed by atoms with Gasteiger partial charge >= 0.3 is 0 Å². The summed E-state index contributed by atoms with van der Waals surface area (Å²) in [6, 6.07) is 15.7. The highest BCUT2D eigenvalue weighted by Crippen LogP contribution is 2.32. The Hall–Kier alpha value is -2.63. The van der Waals surface area contributed by atoms with Crippen molar-refractivity contribution in [1.29, 1.82) is 0 Å². The van der Waals surface area contributed by atoms with E-state index in [0.29, 0.717) is 48.3 Å². The lowest BCUT2D eigenvalue weighted by atomic mass is 10.1. The second-order valence-electron chi connectivity index (χ2n) is 6.73. The zero-order valence-corrected chi connectivity index (χ0v) is 16.2. The normalized spacial score (nSPS) is 14.3. The highest BCUT2D eigenvalue weighted by Gasteiger charge is 2.25. The van der Waals surface area contributed by atoms with E-state index in [-0.39, 0.29) is 11.7 Å². The van der Waals surface area contributed by atoms with E-state index >= 15 is 0 Å². The average Bonchev–Trinajstić information content (AvgIpc) is 3.06. The minimum absolute atomic E-state index is 0.0638. The van der Waals surface area contributed by atoms with Gasteiger partial charge in [-0.2, -0.15) is 0 Å². The number of nitrogens with zero attached hydrogens (tertiary/aromatic N) is 2. The predicted octanol–water partition coefficient (Wildman–Crippen LogP) is 4.72. The second-order valence-corrected chi connectivity index (χ2v) is 7.16. The quantitative estimate of drug-likeness (QED) is 0.640. The van der Waals surface area contributed by atoms with E-state index in [1.807, 2.05) is 25.1 Å². The van der Waals surface area contributed by atoms with Crippen molar-refractivity contribution < 1.29 is 13.9 Å². The van der Waals surface area contributed by atoms with Crippen molar-refractivity contribution in [2.24, 2.45) is 0 Å². The molecule has 1 saturated heterocycles. The molecule has 28 heavy (non-hydrogen) atoms. The van der Waals surface area contributed by atoms with Crippen molar-refractivity contribution in [3.8, 4) is 16.9 Å². The molecule has 0 saturated carbocycles. The number of para-hydroxylation sites is 1. The molecule has 144 valence electrons. The largest absolute Gasteiger partial charge is 0.378 e. The van der Waals surface area contributed by atoms with E-state index in [1.54, 1.807) is 39.8 Å². The number of carbonyl (C=O) groups is 1. The Morgan fingerprint density at radius 1 is 1.07 bits per heavy atom. The van der Waals surface area contributed by atoms with Gasteiger partial charge in [0.1, 0.15) is 5.82 Å². The maximum absolute atomic E-state index is 14.6. The molecule has 2 heterocycles. The van der Waals surface area contributed by atoms with Crippen LogP contribution in [0.4, 0.5) is 4.39 Å². The summed E-state index contributed by atoms with van der Waals surface area (Å²) in [6.45, 7) is 4.02. The molecule has 3 aromatic rings. The molecule has 4 nitrogen and oxygen atoms in total. The standard InChI is InChI=1S/C22H20ClFN2O2/c1-15-18(22(27)25-10-12-28-13-11-25)14-21(16-6-8-17(23)9-7-16)26(15)20-5-3-2-4-19(20)24/h2-9,14H,10-13H2,1H3. The fourth-order valence-corrected chi connectivity index (χ4v) is 3.66. The number of morpholine rings is 1. The summed E-state index contributed by atoms with van der Waals surface area (Å²) < 4.78 is 21.8. The number of halogens is 2. The first-order valence-corrected chi connectivity index (χ1v) is 9.54. The predicted molar refractivity (Wildman–Crippen MR) is 108 cm³/mol. The van der Waals surface area contributed by atoms with Crippen LogP contribution >= 0.6 is 11.6 Å². The Labute approximate surface area is 168 Å². The molecule has 0 N–H and O–H groups in total. The Balaban J connectivity index is 1.87. The summed E-state index contributed by atoms with van der Waals surface area (Å²) in [5.74, 6) is -0.409. The average molecular weight is 399 g/mol. The number of carbonyl (C=O) groups excluding carboxylic acids is 1. The molecule has 1 aromatic heterocycles. The lowest BCUT2D eigenvalue weighted by Crippen LogP contribution is -2.40. The van der Waals surface area contributed by atoms with Crippen LogP contribution in [0.2, 0.25) is 5.02 Å². The van der Waals surface area contributed by atoms with Crippen LogP contribution in [0.5, 0.6) is 0 Å². The minimum atomic E-state index is -0.346. The van der Waals surface area contributed by atoms with Crippen molar-refractivity contribution >= 4 is 17.5 Å². The number of rotatable bonds is 3. The van der Waals surface area contributed by atoms with Gasteiger partial charge in [-0.25, -0.2) is 4.39 Å².